The zero-order valence-corrected chi connectivity index (χ0v) is 13.8. The van der Waals surface area contributed by atoms with Crippen molar-refractivity contribution < 1.29 is 27.6 Å². The second-order valence-electron chi connectivity index (χ2n) is 5.13. The van der Waals surface area contributed by atoms with E-state index < -0.39 is 34.9 Å². The van der Waals surface area contributed by atoms with Crippen LogP contribution in [0.1, 0.15) is 18.3 Å². The molecule has 0 atom stereocenters. The van der Waals surface area contributed by atoms with E-state index in [9.17, 15) is 28.1 Å². The Kier molecular flexibility index (Phi) is 5.59. The van der Waals surface area contributed by atoms with Crippen LogP contribution in [-0.4, -0.2) is 37.0 Å². The van der Waals surface area contributed by atoms with Gasteiger partial charge in [0.05, 0.1) is 23.0 Å². The Morgan fingerprint density at radius 3 is 2.69 bits per heavy atom. The van der Waals surface area contributed by atoms with E-state index in [2.05, 4.69) is 15.5 Å². The lowest BCUT2D eigenvalue weighted by molar-refractivity contribution is -0.388. The summed E-state index contributed by atoms with van der Waals surface area (Å²) >= 11 is 0. The Bertz CT molecular complexity index is 813. The van der Waals surface area contributed by atoms with Crippen LogP contribution in [0.25, 0.3) is 0 Å². The summed E-state index contributed by atoms with van der Waals surface area (Å²) in [7, 11) is 0. The Balaban J connectivity index is 2.14. The predicted molar refractivity (Wildman–Crippen MR) is 81.1 cm³/mol. The third kappa shape index (κ3) is 4.36. The zero-order chi connectivity index (χ0) is 19.5. The minimum absolute atomic E-state index is 0.172. The third-order valence-corrected chi connectivity index (χ3v) is 3.26. The number of anilines is 1. The lowest BCUT2D eigenvalue weighted by Crippen LogP contribution is -2.20. The zero-order valence-electron chi connectivity index (χ0n) is 13.8. The molecule has 2 aromatic heterocycles. The van der Waals surface area contributed by atoms with Crippen molar-refractivity contribution in [2.75, 3.05) is 11.9 Å². The maximum Gasteiger partial charge on any atom is 0.442 e. The van der Waals surface area contributed by atoms with Gasteiger partial charge in [-0.2, -0.15) is 23.4 Å². The number of hydrogen-bond donors (Lipinski definition) is 1. The summed E-state index contributed by atoms with van der Waals surface area (Å²) in [6, 6.07) is 0. The van der Waals surface area contributed by atoms with Crippen LogP contribution in [0.3, 0.4) is 0 Å². The van der Waals surface area contributed by atoms with Crippen molar-refractivity contribution in [2.24, 2.45) is 0 Å². The van der Waals surface area contributed by atoms with Gasteiger partial charge in [-0.1, -0.05) is 0 Å². The van der Waals surface area contributed by atoms with Gasteiger partial charge in [-0.05, 0) is 13.8 Å². The molecule has 2 heterocycles. The van der Waals surface area contributed by atoms with E-state index >= 15 is 0 Å². The van der Waals surface area contributed by atoms with Gasteiger partial charge in [0.15, 0.2) is 0 Å². The molecule has 0 unspecified atom stereocenters. The molecule has 1 amide bonds. The van der Waals surface area contributed by atoms with Gasteiger partial charge in [0, 0.05) is 6.61 Å². The fourth-order valence-corrected chi connectivity index (χ4v) is 2.12. The molecule has 0 saturated carbocycles. The molecule has 26 heavy (non-hydrogen) atoms. The van der Waals surface area contributed by atoms with E-state index in [1.807, 2.05) is 0 Å². The standard InChI is InChI=1S/C13H15F3N6O4/c1-3-26-7-20-5-9(4-17-20)18-10(23)6-21-8(2)11(22(24)25)12(19-21)13(14,15)16/h4-5H,3,6-7H2,1-2H3,(H,18,23). The molecular formula is C13H15F3N6O4. The SMILES string of the molecule is CCOCn1cc(NC(=O)Cn2nc(C(F)(F)F)c([N+](=O)[O-])c2C)cn1. The van der Waals surface area contributed by atoms with Crippen molar-refractivity contribution in [1.82, 2.24) is 19.6 Å². The molecule has 0 aliphatic rings. The van der Waals surface area contributed by atoms with Crippen LogP contribution in [0, 0.1) is 17.0 Å². The van der Waals surface area contributed by atoms with E-state index in [1.54, 1.807) is 6.92 Å². The monoisotopic (exact) mass is 376 g/mol. The number of hydrogen-bond acceptors (Lipinski definition) is 6. The number of nitro groups is 1. The van der Waals surface area contributed by atoms with Crippen molar-refractivity contribution in [3.63, 3.8) is 0 Å². The lowest BCUT2D eigenvalue weighted by atomic mass is 10.3. The number of nitrogens with zero attached hydrogens (tertiary/aromatic N) is 5. The van der Waals surface area contributed by atoms with Gasteiger partial charge < -0.3 is 10.1 Å². The summed E-state index contributed by atoms with van der Waals surface area (Å²) in [6.07, 6.45) is -2.21. The van der Waals surface area contributed by atoms with Crippen LogP contribution in [0.15, 0.2) is 12.4 Å². The van der Waals surface area contributed by atoms with Crippen LogP contribution in [0.4, 0.5) is 24.5 Å². The molecule has 142 valence electrons. The van der Waals surface area contributed by atoms with E-state index in [0.717, 1.165) is 6.92 Å². The molecule has 2 aromatic rings. The van der Waals surface area contributed by atoms with Gasteiger partial charge in [-0.3, -0.25) is 19.6 Å². The van der Waals surface area contributed by atoms with E-state index in [0.29, 0.717) is 17.0 Å². The first-order chi connectivity index (χ1) is 12.1. The van der Waals surface area contributed by atoms with Crippen LogP contribution in [-0.2, 0) is 29.0 Å². The van der Waals surface area contributed by atoms with Crippen LogP contribution in [0.5, 0.6) is 0 Å². The van der Waals surface area contributed by atoms with Crippen molar-refractivity contribution in [3.05, 3.63) is 33.9 Å². The number of ether oxygens (including phenoxy) is 1. The molecule has 0 bridgehead atoms. The van der Waals surface area contributed by atoms with E-state index in [1.165, 1.54) is 17.1 Å². The van der Waals surface area contributed by atoms with Gasteiger partial charge in [-0.15, -0.1) is 0 Å². The quantitative estimate of drug-likeness (QED) is 0.583. The molecule has 13 heteroatoms. The highest BCUT2D eigenvalue weighted by atomic mass is 19.4. The molecule has 0 saturated heterocycles. The normalized spacial score (nSPS) is 11.6. The summed E-state index contributed by atoms with van der Waals surface area (Å²) in [5.74, 6) is -0.713. The molecule has 0 fully saturated rings. The number of aromatic nitrogens is 4. The molecule has 2 rings (SSSR count). The predicted octanol–water partition coefficient (Wildman–Crippen LogP) is 1.95. The summed E-state index contributed by atoms with van der Waals surface area (Å²) in [5, 5.41) is 20.4. The number of alkyl halides is 3. The molecule has 0 spiro atoms. The minimum Gasteiger partial charge on any atom is -0.360 e. The molecule has 0 radical (unpaired) electrons. The molecular weight excluding hydrogens is 361 g/mol. The number of amides is 1. The Morgan fingerprint density at radius 1 is 1.46 bits per heavy atom. The Labute approximate surface area is 144 Å². The highest BCUT2D eigenvalue weighted by Crippen LogP contribution is 2.36. The molecule has 0 aromatic carbocycles. The van der Waals surface area contributed by atoms with Gasteiger partial charge in [0.1, 0.15) is 19.0 Å². The van der Waals surface area contributed by atoms with Gasteiger partial charge >= 0.3 is 11.9 Å². The maximum atomic E-state index is 12.9. The summed E-state index contributed by atoms with van der Waals surface area (Å²) in [5.41, 5.74) is -2.89. The fraction of sp³-hybridized carbons (Fsp3) is 0.462. The number of carbonyl (C=O) groups is 1. The first kappa shape index (κ1) is 19.4. The highest BCUT2D eigenvalue weighted by Gasteiger charge is 2.44. The molecule has 0 aliphatic carbocycles. The number of carbonyl (C=O) groups excluding carboxylic acids is 1. The first-order valence-corrected chi connectivity index (χ1v) is 7.32. The average molecular weight is 376 g/mol. The lowest BCUT2D eigenvalue weighted by Gasteiger charge is -2.04. The fourth-order valence-electron chi connectivity index (χ4n) is 2.12. The van der Waals surface area contributed by atoms with Crippen LogP contribution < -0.4 is 5.32 Å². The molecule has 0 aliphatic heterocycles. The second-order valence-corrected chi connectivity index (χ2v) is 5.13. The Morgan fingerprint density at radius 2 is 2.15 bits per heavy atom. The van der Waals surface area contributed by atoms with Crippen LogP contribution in [0.2, 0.25) is 0 Å². The largest absolute Gasteiger partial charge is 0.442 e. The maximum absolute atomic E-state index is 12.9. The average Bonchev–Trinajstić information content (AvgIpc) is 3.10. The summed E-state index contributed by atoms with van der Waals surface area (Å²) < 4.78 is 45.8. The first-order valence-electron chi connectivity index (χ1n) is 7.32. The number of rotatable bonds is 7. The number of nitrogens with one attached hydrogen (secondary N) is 1. The summed E-state index contributed by atoms with van der Waals surface area (Å²) in [6.45, 7) is 2.91. The van der Waals surface area contributed by atoms with Gasteiger partial charge in [0.2, 0.25) is 11.6 Å². The van der Waals surface area contributed by atoms with Gasteiger partial charge in [0.25, 0.3) is 0 Å². The van der Waals surface area contributed by atoms with Crippen LogP contribution >= 0.6 is 0 Å². The second kappa shape index (κ2) is 7.51. The third-order valence-electron chi connectivity index (χ3n) is 3.26. The smallest absolute Gasteiger partial charge is 0.360 e. The number of halogens is 3. The van der Waals surface area contributed by atoms with E-state index in [-0.39, 0.29) is 12.4 Å². The molecule has 1 N–H and O–H groups in total. The topological polar surface area (TPSA) is 117 Å². The van der Waals surface area contributed by atoms with Crippen molar-refractivity contribution in [3.8, 4) is 0 Å². The Hall–Kier alpha value is -2.96. The van der Waals surface area contributed by atoms with Gasteiger partial charge in [-0.25, -0.2) is 4.68 Å². The van der Waals surface area contributed by atoms with Crippen molar-refractivity contribution >= 4 is 17.3 Å². The molecule has 10 nitrogen and oxygen atoms in total. The minimum atomic E-state index is -5.00. The van der Waals surface area contributed by atoms with E-state index in [4.69, 9.17) is 4.74 Å². The highest BCUT2D eigenvalue weighted by molar-refractivity contribution is 5.90. The van der Waals surface area contributed by atoms with Crippen molar-refractivity contribution in [1.29, 1.82) is 0 Å². The van der Waals surface area contributed by atoms with Crippen molar-refractivity contribution in [2.45, 2.75) is 33.3 Å². The summed E-state index contributed by atoms with van der Waals surface area (Å²) in [4.78, 5) is 21.7.